The second kappa shape index (κ2) is 7.56. The van der Waals surface area contributed by atoms with Crippen LogP contribution in [0.5, 0.6) is 0 Å². The molecule has 2 heterocycles. The Kier molecular flexibility index (Phi) is 5.76. The highest BCUT2D eigenvalue weighted by atomic mass is 32.2. The lowest BCUT2D eigenvalue weighted by Crippen LogP contribution is -2.23. The van der Waals surface area contributed by atoms with Gasteiger partial charge in [-0.1, -0.05) is 30.0 Å². The first-order valence-electron chi connectivity index (χ1n) is 6.96. The number of anilines is 1. The average Bonchev–Trinajstić information content (AvgIpc) is 2.89. The van der Waals surface area contributed by atoms with E-state index in [1.54, 1.807) is 29.3 Å². The van der Waals surface area contributed by atoms with E-state index in [1.165, 1.54) is 0 Å². The van der Waals surface area contributed by atoms with Crippen molar-refractivity contribution in [3.8, 4) is 10.6 Å². The SMILES string of the molecule is CC/N=C(/SCC)N(C)c1sc(-c2cccnc2)nc1C. The number of hydrogen-bond donors (Lipinski definition) is 0. The van der Waals surface area contributed by atoms with E-state index in [-0.39, 0.29) is 0 Å². The zero-order valence-corrected chi connectivity index (χ0v) is 14.5. The minimum absolute atomic E-state index is 0.792. The van der Waals surface area contributed by atoms with E-state index in [0.29, 0.717) is 0 Å². The van der Waals surface area contributed by atoms with Crippen LogP contribution >= 0.6 is 23.1 Å². The molecule has 0 saturated carbocycles. The second-order valence-electron chi connectivity index (χ2n) is 4.40. The first-order valence-corrected chi connectivity index (χ1v) is 8.76. The molecule has 0 aliphatic heterocycles. The van der Waals surface area contributed by atoms with Crippen LogP contribution in [0.15, 0.2) is 29.5 Å². The topological polar surface area (TPSA) is 41.4 Å². The molecule has 4 nitrogen and oxygen atoms in total. The van der Waals surface area contributed by atoms with Crippen LogP contribution in [0.25, 0.3) is 10.6 Å². The Morgan fingerprint density at radius 2 is 2.24 bits per heavy atom. The van der Waals surface area contributed by atoms with Crippen LogP contribution < -0.4 is 4.90 Å². The Balaban J connectivity index is 2.32. The van der Waals surface area contributed by atoms with E-state index >= 15 is 0 Å². The van der Waals surface area contributed by atoms with Gasteiger partial charge >= 0.3 is 0 Å². The molecule has 0 aromatic carbocycles. The quantitative estimate of drug-likeness (QED) is 0.629. The van der Waals surface area contributed by atoms with Crippen molar-refractivity contribution in [2.75, 3.05) is 24.2 Å². The smallest absolute Gasteiger partial charge is 0.164 e. The molecule has 0 aliphatic carbocycles. The van der Waals surface area contributed by atoms with E-state index in [4.69, 9.17) is 0 Å². The predicted octanol–water partition coefficient (Wildman–Crippen LogP) is 4.08. The number of aliphatic imine (C=N–C) groups is 1. The fourth-order valence-electron chi connectivity index (χ4n) is 1.91. The third kappa shape index (κ3) is 3.83. The van der Waals surface area contributed by atoms with Crippen molar-refractivity contribution in [1.82, 2.24) is 9.97 Å². The summed E-state index contributed by atoms with van der Waals surface area (Å²) in [6, 6.07) is 3.98. The van der Waals surface area contributed by atoms with Crippen molar-refractivity contribution in [2.45, 2.75) is 20.8 Å². The number of aromatic nitrogens is 2. The second-order valence-corrected chi connectivity index (χ2v) is 6.61. The molecule has 6 heteroatoms. The largest absolute Gasteiger partial charge is 0.314 e. The Labute approximate surface area is 134 Å². The summed E-state index contributed by atoms with van der Waals surface area (Å²) in [4.78, 5) is 15.6. The maximum absolute atomic E-state index is 4.68. The van der Waals surface area contributed by atoms with Gasteiger partial charge in [-0.15, -0.1) is 0 Å². The van der Waals surface area contributed by atoms with Crippen molar-refractivity contribution in [3.05, 3.63) is 30.2 Å². The monoisotopic (exact) mass is 320 g/mol. The van der Waals surface area contributed by atoms with Crippen LogP contribution in [0.1, 0.15) is 19.5 Å². The molecule has 0 radical (unpaired) electrons. The van der Waals surface area contributed by atoms with Crippen molar-refractivity contribution >= 4 is 33.3 Å². The lowest BCUT2D eigenvalue weighted by molar-refractivity contribution is 1.11. The van der Waals surface area contributed by atoms with Gasteiger partial charge in [-0.2, -0.15) is 0 Å². The van der Waals surface area contributed by atoms with Crippen molar-refractivity contribution < 1.29 is 0 Å². The molecule has 0 saturated heterocycles. The van der Waals surface area contributed by atoms with E-state index in [2.05, 4.69) is 40.8 Å². The van der Waals surface area contributed by atoms with E-state index in [1.807, 2.05) is 25.3 Å². The summed E-state index contributed by atoms with van der Waals surface area (Å²) in [5.41, 5.74) is 2.09. The van der Waals surface area contributed by atoms with Gasteiger partial charge in [0.25, 0.3) is 0 Å². The molecule has 0 atom stereocenters. The standard InChI is InChI=1S/C15H20N4S2/c1-5-17-15(20-6-2)19(4)14-11(3)18-13(21-14)12-8-7-9-16-10-12/h7-10H,5-6H2,1-4H3/b17-15+. The summed E-state index contributed by atoms with van der Waals surface area (Å²) < 4.78 is 0. The number of aryl methyl sites for hydroxylation is 1. The van der Waals surface area contributed by atoms with Crippen molar-refractivity contribution in [1.29, 1.82) is 0 Å². The van der Waals surface area contributed by atoms with Crippen LogP contribution in [0.3, 0.4) is 0 Å². The van der Waals surface area contributed by atoms with E-state index in [9.17, 15) is 0 Å². The number of nitrogens with zero attached hydrogens (tertiary/aromatic N) is 4. The number of hydrogen-bond acceptors (Lipinski definition) is 5. The van der Waals surface area contributed by atoms with Crippen LogP contribution in [0, 0.1) is 6.92 Å². The molecular weight excluding hydrogens is 300 g/mol. The highest BCUT2D eigenvalue weighted by Crippen LogP contribution is 2.34. The normalized spacial score (nSPS) is 11.7. The highest BCUT2D eigenvalue weighted by molar-refractivity contribution is 8.14. The summed E-state index contributed by atoms with van der Waals surface area (Å²) in [6.07, 6.45) is 3.63. The number of thioether (sulfide) groups is 1. The van der Waals surface area contributed by atoms with Gasteiger partial charge < -0.3 is 4.90 Å². The third-order valence-electron chi connectivity index (χ3n) is 2.84. The van der Waals surface area contributed by atoms with Gasteiger partial charge in [0, 0.05) is 31.5 Å². The Morgan fingerprint density at radius 1 is 1.43 bits per heavy atom. The van der Waals surface area contributed by atoms with E-state index < -0.39 is 0 Å². The predicted molar refractivity (Wildman–Crippen MR) is 94.6 cm³/mol. The highest BCUT2D eigenvalue weighted by Gasteiger charge is 2.16. The summed E-state index contributed by atoms with van der Waals surface area (Å²) in [6.45, 7) is 7.04. The van der Waals surface area contributed by atoms with Crippen LogP contribution in [-0.4, -0.2) is 34.5 Å². The number of pyridine rings is 1. The zero-order valence-electron chi connectivity index (χ0n) is 12.8. The van der Waals surface area contributed by atoms with E-state index in [0.717, 1.165) is 38.7 Å². The van der Waals surface area contributed by atoms with Crippen LogP contribution in [0.4, 0.5) is 5.00 Å². The summed E-state index contributed by atoms with van der Waals surface area (Å²) in [7, 11) is 2.06. The van der Waals surface area contributed by atoms with Crippen molar-refractivity contribution in [2.24, 2.45) is 4.99 Å². The van der Waals surface area contributed by atoms with Crippen molar-refractivity contribution in [3.63, 3.8) is 0 Å². The first-order chi connectivity index (χ1) is 10.2. The maximum atomic E-state index is 4.68. The fourth-order valence-corrected chi connectivity index (χ4v) is 3.75. The summed E-state index contributed by atoms with van der Waals surface area (Å²) in [5, 5.41) is 3.19. The fraction of sp³-hybridized carbons (Fsp3) is 0.400. The molecular formula is C15H20N4S2. The molecule has 2 rings (SSSR count). The summed E-state index contributed by atoms with van der Waals surface area (Å²) >= 11 is 3.44. The first kappa shape index (κ1) is 16.0. The molecule has 0 spiro atoms. The Bertz CT molecular complexity index is 607. The number of amidine groups is 1. The van der Waals surface area contributed by atoms with Gasteiger partial charge in [-0.05, 0) is 31.7 Å². The molecule has 0 N–H and O–H groups in total. The van der Waals surface area contributed by atoms with Gasteiger partial charge in [0.1, 0.15) is 10.0 Å². The van der Waals surface area contributed by atoms with Gasteiger partial charge in [0.15, 0.2) is 5.17 Å². The van der Waals surface area contributed by atoms with Gasteiger partial charge in [-0.3, -0.25) is 9.98 Å². The minimum Gasteiger partial charge on any atom is -0.314 e. The Morgan fingerprint density at radius 3 is 2.86 bits per heavy atom. The molecule has 0 bridgehead atoms. The zero-order chi connectivity index (χ0) is 15.2. The van der Waals surface area contributed by atoms with Gasteiger partial charge in [0.05, 0.1) is 5.69 Å². The number of thiazole rings is 1. The third-order valence-corrected chi connectivity index (χ3v) is 5.07. The average molecular weight is 320 g/mol. The molecule has 0 amide bonds. The summed E-state index contributed by atoms with van der Waals surface area (Å²) in [5.74, 6) is 1.01. The Hall–Kier alpha value is -1.40. The molecule has 0 fully saturated rings. The molecule has 112 valence electrons. The molecule has 0 aliphatic rings. The van der Waals surface area contributed by atoms with Crippen LogP contribution in [-0.2, 0) is 0 Å². The minimum atomic E-state index is 0.792. The lowest BCUT2D eigenvalue weighted by Gasteiger charge is -2.19. The molecule has 2 aromatic rings. The lowest BCUT2D eigenvalue weighted by atomic mass is 10.3. The number of rotatable bonds is 4. The molecule has 2 aromatic heterocycles. The maximum Gasteiger partial charge on any atom is 0.164 e. The van der Waals surface area contributed by atoms with Crippen LogP contribution in [0.2, 0.25) is 0 Å². The molecule has 0 unspecified atom stereocenters. The van der Waals surface area contributed by atoms with Gasteiger partial charge in [-0.25, -0.2) is 4.98 Å². The van der Waals surface area contributed by atoms with Gasteiger partial charge in [0.2, 0.25) is 0 Å². The molecule has 21 heavy (non-hydrogen) atoms.